The van der Waals surface area contributed by atoms with Crippen molar-refractivity contribution in [1.82, 2.24) is 9.78 Å². The van der Waals surface area contributed by atoms with Crippen LogP contribution in [0.15, 0.2) is 24.4 Å². The second-order valence-electron chi connectivity index (χ2n) is 4.89. The summed E-state index contributed by atoms with van der Waals surface area (Å²) in [4.78, 5) is 0. The van der Waals surface area contributed by atoms with Crippen molar-refractivity contribution >= 4 is 5.69 Å². The summed E-state index contributed by atoms with van der Waals surface area (Å²) in [5, 5.41) is 7.87. The van der Waals surface area contributed by atoms with Gasteiger partial charge in [-0.15, -0.1) is 0 Å². The predicted molar refractivity (Wildman–Crippen MR) is 77.7 cm³/mol. The molecule has 0 bridgehead atoms. The van der Waals surface area contributed by atoms with Gasteiger partial charge in [-0.1, -0.05) is 0 Å². The standard InChI is InChI=1S/C15H21N3O/c1-10-8-13(6-7-15(10)19-5)16-11(2)14-9-18(4)17-12(14)3/h6-9,11,16H,1-5H3. The van der Waals surface area contributed by atoms with Crippen LogP contribution in [0.25, 0.3) is 0 Å². The minimum absolute atomic E-state index is 0.224. The van der Waals surface area contributed by atoms with Crippen molar-refractivity contribution in [2.45, 2.75) is 26.8 Å². The number of hydrogen-bond donors (Lipinski definition) is 1. The molecule has 0 amide bonds. The minimum atomic E-state index is 0.224. The van der Waals surface area contributed by atoms with Gasteiger partial charge in [0.1, 0.15) is 5.75 Å². The van der Waals surface area contributed by atoms with Gasteiger partial charge < -0.3 is 10.1 Å². The average molecular weight is 259 g/mol. The summed E-state index contributed by atoms with van der Waals surface area (Å²) < 4.78 is 7.12. The lowest BCUT2D eigenvalue weighted by atomic mass is 10.1. The maximum atomic E-state index is 5.27. The Morgan fingerprint density at radius 3 is 2.58 bits per heavy atom. The SMILES string of the molecule is COc1ccc(NC(C)c2cn(C)nc2C)cc1C. The fourth-order valence-corrected chi connectivity index (χ4v) is 2.34. The van der Waals surface area contributed by atoms with E-state index >= 15 is 0 Å². The summed E-state index contributed by atoms with van der Waals surface area (Å²) in [5.74, 6) is 0.913. The highest BCUT2D eigenvalue weighted by Gasteiger charge is 2.12. The number of aryl methyl sites for hydroxylation is 3. The fourth-order valence-electron chi connectivity index (χ4n) is 2.34. The molecule has 0 saturated carbocycles. The molecule has 0 radical (unpaired) electrons. The molecule has 1 aromatic heterocycles. The molecular formula is C15H21N3O. The van der Waals surface area contributed by atoms with Crippen molar-refractivity contribution in [3.8, 4) is 5.75 Å². The van der Waals surface area contributed by atoms with Gasteiger partial charge in [0, 0.05) is 24.5 Å². The number of nitrogens with one attached hydrogen (secondary N) is 1. The molecule has 1 atom stereocenters. The van der Waals surface area contributed by atoms with Crippen molar-refractivity contribution in [2.24, 2.45) is 7.05 Å². The molecule has 4 nitrogen and oxygen atoms in total. The molecule has 0 fully saturated rings. The molecule has 1 N–H and O–H groups in total. The first-order chi connectivity index (χ1) is 9.01. The summed E-state index contributed by atoms with van der Waals surface area (Å²) in [5.41, 5.74) is 4.50. The van der Waals surface area contributed by atoms with Gasteiger partial charge in [-0.05, 0) is 44.5 Å². The Balaban J connectivity index is 2.17. The second-order valence-corrected chi connectivity index (χ2v) is 4.89. The molecule has 102 valence electrons. The molecule has 0 aliphatic carbocycles. The van der Waals surface area contributed by atoms with Gasteiger partial charge >= 0.3 is 0 Å². The van der Waals surface area contributed by atoms with Crippen LogP contribution in [0.2, 0.25) is 0 Å². The Morgan fingerprint density at radius 1 is 1.32 bits per heavy atom. The molecule has 4 heteroatoms. The Bertz CT molecular complexity index is 575. The van der Waals surface area contributed by atoms with Gasteiger partial charge in [-0.2, -0.15) is 5.10 Å². The van der Waals surface area contributed by atoms with Crippen LogP contribution in [0.4, 0.5) is 5.69 Å². The number of hydrogen-bond acceptors (Lipinski definition) is 3. The first kappa shape index (κ1) is 13.5. The van der Waals surface area contributed by atoms with E-state index in [4.69, 9.17) is 4.74 Å². The number of aromatic nitrogens is 2. The van der Waals surface area contributed by atoms with Gasteiger partial charge in [0.15, 0.2) is 0 Å². The first-order valence-corrected chi connectivity index (χ1v) is 6.42. The number of ether oxygens (including phenoxy) is 1. The van der Waals surface area contributed by atoms with E-state index in [0.29, 0.717) is 0 Å². The number of benzene rings is 1. The molecule has 1 aromatic carbocycles. The lowest BCUT2D eigenvalue weighted by Gasteiger charge is -2.16. The van der Waals surface area contributed by atoms with E-state index in [1.807, 2.05) is 37.7 Å². The van der Waals surface area contributed by atoms with Gasteiger partial charge in [-0.3, -0.25) is 4.68 Å². The highest BCUT2D eigenvalue weighted by Crippen LogP contribution is 2.25. The highest BCUT2D eigenvalue weighted by atomic mass is 16.5. The third-order valence-corrected chi connectivity index (χ3v) is 3.30. The van der Waals surface area contributed by atoms with Gasteiger partial charge in [-0.25, -0.2) is 0 Å². The van der Waals surface area contributed by atoms with Crippen molar-refractivity contribution in [3.63, 3.8) is 0 Å². The Morgan fingerprint density at radius 2 is 2.05 bits per heavy atom. The Hall–Kier alpha value is -1.97. The number of anilines is 1. The predicted octanol–water partition coefficient (Wildman–Crippen LogP) is 3.22. The van der Waals surface area contributed by atoms with Crippen LogP contribution in [0.1, 0.15) is 29.8 Å². The van der Waals surface area contributed by atoms with Gasteiger partial charge in [0.25, 0.3) is 0 Å². The molecule has 19 heavy (non-hydrogen) atoms. The summed E-state index contributed by atoms with van der Waals surface area (Å²) in [6.45, 7) is 6.22. The minimum Gasteiger partial charge on any atom is -0.496 e. The number of methoxy groups -OCH3 is 1. The van der Waals surface area contributed by atoms with E-state index in [0.717, 1.165) is 22.7 Å². The van der Waals surface area contributed by atoms with Crippen LogP contribution < -0.4 is 10.1 Å². The van der Waals surface area contributed by atoms with Crippen molar-refractivity contribution in [3.05, 3.63) is 41.2 Å². The van der Waals surface area contributed by atoms with Crippen molar-refractivity contribution < 1.29 is 4.74 Å². The fraction of sp³-hybridized carbons (Fsp3) is 0.400. The summed E-state index contributed by atoms with van der Waals surface area (Å²) >= 11 is 0. The molecule has 0 saturated heterocycles. The monoisotopic (exact) mass is 259 g/mol. The molecule has 2 rings (SSSR count). The Labute approximate surface area is 114 Å². The molecular weight excluding hydrogens is 238 g/mol. The number of rotatable bonds is 4. The van der Waals surface area contributed by atoms with Crippen LogP contribution in [0.3, 0.4) is 0 Å². The van der Waals surface area contributed by atoms with E-state index in [2.05, 4.69) is 29.6 Å². The summed E-state index contributed by atoms with van der Waals surface area (Å²) in [6, 6.07) is 6.34. The lowest BCUT2D eigenvalue weighted by Crippen LogP contribution is -2.07. The third kappa shape index (κ3) is 2.89. The molecule has 2 aromatic rings. The quantitative estimate of drug-likeness (QED) is 0.916. The van der Waals surface area contributed by atoms with Crippen LogP contribution in [-0.4, -0.2) is 16.9 Å². The largest absolute Gasteiger partial charge is 0.496 e. The average Bonchev–Trinajstić information content (AvgIpc) is 2.69. The van der Waals surface area contributed by atoms with Gasteiger partial charge in [0.05, 0.1) is 18.8 Å². The smallest absolute Gasteiger partial charge is 0.121 e. The van der Waals surface area contributed by atoms with E-state index in [1.54, 1.807) is 7.11 Å². The maximum Gasteiger partial charge on any atom is 0.121 e. The van der Waals surface area contributed by atoms with E-state index in [-0.39, 0.29) is 6.04 Å². The first-order valence-electron chi connectivity index (χ1n) is 6.42. The maximum absolute atomic E-state index is 5.27. The van der Waals surface area contributed by atoms with E-state index in [9.17, 15) is 0 Å². The van der Waals surface area contributed by atoms with Crippen LogP contribution in [0.5, 0.6) is 5.75 Å². The zero-order valence-electron chi connectivity index (χ0n) is 12.2. The second kappa shape index (κ2) is 5.34. The molecule has 1 unspecified atom stereocenters. The normalized spacial score (nSPS) is 12.3. The van der Waals surface area contributed by atoms with E-state index < -0.39 is 0 Å². The van der Waals surface area contributed by atoms with Gasteiger partial charge in [0.2, 0.25) is 0 Å². The van der Waals surface area contributed by atoms with E-state index in [1.165, 1.54) is 5.56 Å². The topological polar surface area (TPSA) is 39.1 Å². The lowest BCUT2D eigenvalue weighted by molar-refractivity contribution is 0.412. The molecule has 0 aliphatic rings. The summed E-state index contributed by atoms with van der Waals surface area (Å²) in [6.07, 6.45) is 2.06. The Kier molecular flexibility index (Phi) is 3.79. The highest BCUT2D eigenvalue weighted by molar-refractivity contribution is 5.52. The van der Waals surface area contributed by atoms with Crippen LogP contribution in [0, 0.1) is 13.8 Å². The van der Waals surface area contributed by atoms with Crippen LogP contribution in [-0.2, 0) is 7.05 Å². The molecule has 0 aliphatic heterocycles. The zero-order chi connectivity index (χ0) is 14.0. The van der Waals surface area contributed by atoms with Crippen molar-refractivity contribution in [1.29, 1.82) is 0 Å². The summed E-state index contributed by atoms with van der Waals surface area (Å²) in [7, 11) is 3.64. The zero-order valence-corrected chi connectivity index (χ0v) is 12.2. The number of nitrogens with zero attached hydrogens (tertiary/aromatic N) is 2. The third-order valence-electron chi connectivity index (χ3n) is 3.30. The van der Waals surface area contributed by atoms with Crippen molar-refractivity contribution in [2.75, 3.05) is 12.4 Å². The molecule has 1 heterocycles. The van der Waals surface area contributed by atoms with Crippen LogP contribution >= 0.6 is 0 Å². The molecule has 0 spiro atoms.